The van der Waals surface area contributed by atoms with Gasteiger partial charge in [-0.1, -0.05) is 12.1 Å². The van der Waals surface area contributed by atoms with Gasteiger partial charge in [0.25, 0.3) is 0 Å². The highest BCUT2D eigenvalue weighted by molar-refractivity contribution is 7.91. The second-order valence-corrected chi connectivity index (χ2v) is 8.18. The molecule has 0 bridgehead atoms. The van der Waals surface area contributed by atoms with Crippen molar-refractivity contribution in [3.8, 4) is 5.75 Å². The number of ether oxygens (including phenoxy) is 1. The number of carbonyl (C=O) groups excluding carboxylic acids is 1. The number of rotatable bonds is 4. The third-order valence-electron chi connectivity index (χ3n) is 4.34. The highest BCUT2D eigenvalue weighted by Crippen LogP contribution is 2.32. The van der Waals surface area contributed by atoms with Crippen LogP contribution in [0.15, 0.2) is 52.3 Å². The monoisotopic (exact) mass is 378 g/mol. The molecule has 0 aromatic heterocycles. The van der Waals surface area contributed by atoms with E-state index in [2.05, 4.69) is 0 Å². The second-order valence-electron chi connectivity index (χ2n) is 6.23. The molecule has 1 heterocycles. The Balaban J connectivity index is 1.88. The maximum Gasteiger partial charge on any atom is 0.314 e. The number of likely N-dealkylation sites (N-methyl/N-ethyl adjacent to an activating group) is 1. The van der Waals surface area contributed by atoms with Gasteiger partial charge in [-0.2, -0.15) is 0 Å². The zero-order valence-corrected chi connectivity index (χ0v) is 15.0. The molecule has 26 heavy (non-hydrogen) atoms. The van der Waals surface area contributed by atoms with Crippen LogP contribution >= 0.6 is 0 Å². The van der Waals surface area contributed by atoms with Gasteiger partial charge in [0.1, 0.15) is 17.7 Å². The molecule has 1 unspecified atom stereocenters. The molecular weight excluding hydrogens is 359 g/mol. The van der Waals surface area contributed by atoms with Crippen LogP contribution in [0.4, 0.5) is 9.18 Å². The molecule has 138 valence electrons. The summed E-state index contributed by atoms with van der Waals surface area (Å²) in [5.41, 5.74) is 6.12. The minimum Gasteiger partial charge on any atom is -0.488 e. The molecule has 2 aromatic carbocycles. The zero-order chi connectivity index (χ0) is 18.9. The van der Waals surface area contributed by atoms with Gasteiger partial charge in [-0.25, -0.2) is 17.6 Å². The van der Waals surface area contributed by atoms with E-state index in [4.69, 9.17) is 10.5 Å². The zero-order valence-electron chi connectivity index (χ0n) is 14.2. The molecule has 3 rings (SSSR count). The van der Waals surface area contributed by atoms with Gasteiger partial charge in [0.05, 0.1) is 16.3 Å². The summed E-state index contributed by atoms with van der Waals surface area (Å²) in [7, 11) is -2.28. The molecule has 8 heteroatoms. The highest BCUT2D eigenvalue weighted by Gasteiger charge is 2.25. The van der Waals surface area contributed by atoms with Crippen molar-refractivity contribution < 1.29 is 22.3 Å². The van der Waals surface area contributed by atoms with Crippen LogP contribution in [0.5, 0.6) is 5.75 Å². The Labute approximate surface area is 151 Å². The number of halogens is 1. The van der Waals surface area contributed by atoms with Gasteiger partial charge in [-0.05, 0) is 48.7 Å². The number of primary amides is 1. The Morgan fingerprint density at radius 3 is 2.69 bits per heavy atom. The van der Waals surface area contributed by atoms with Crippen molar-refractivity contribution in [2.75, 3.05) is 13.6 Å². The van der Waals surface area contributed by atoms with Crippen LogP contribution in [0, 0.1) is 5.82 Å². The lowest BCUT2D eigenvalue weighted by molar-refractivity contribution is 0.134. The number of sulfone groups is 1. The quantitative estimate of drug-likeness (QED) is 0.884. The van der Waals surface area contributed by atoms with Gasteiger partial charge >= 0.3 is 6.03 Å². The summed E-state index contributed by atoms with van der Waals surface area (Å²) < 4.78 is 44.7. The van der Waals surface area contributed by atoms with E-state index in [1.807, 2.05) is 0 Å². The van der Waals surface area contributed by atoms with Gasteiger partial charge in [0.15, 0.2) is 0 Å². The summed E-state index contributed by atoms with van der Waals surface area (Å²) in [5, 5.41) is 0. The number of benzene rings is 2. The summed E-state index contributed by atoms with van der Waals surface area (Å²) in [4.78, 5) is 12.4. The van der Waals surface area contributed by atoms with Crippen molar-refractivity contribution in [1.29, 1.82) is 0 Å². The Bertz CT molecular complexity index is 946. The molecule has 2 N–H and O–H groups in total. The lowest BCUT2D eigenvalue weighted by atomic mass is 10.0. The predicted molar refractivity (Wildman–Crippen MR) is 93.2 cm³/mol. The van der Waals surface area contributed by atoms with Crippen LogP contribution in [0.25, 0.3) is 0 Å². The van der Waals surface area contributed by atoms with Crippen molar-refractivity contribution in [2.45, 2.75) is 28.7 Å². The number of nitrogens with two attached hydrogens (primary N) is 1. The molecule has 6 nitrogen and oxygen atoms in total. The number of urea groups is 1. The van der Waals surface area contributed by atoms with Crippen molar-refractivity contribution in [2.24, 2.45) is 5.73 Å². The van der Waals surface area contributed by atoms with E-state index in [-0.39, 0.29) is 15.9 Å². The van der Waals surface area contributed by atoms with Gasteiger partial charge in [-0.3, -0.25) is 0 Å². The largest absolute Gasteiger partial charge is 0.488 e. The summed E-state index contributed by atoms with van der Waals surface area (Å²) in [5.74, 6) is -0.161. The average molecular weight is 378 g/mol. The average Bonchev–Trinajstić information content (AvgIpc) is 2.61. The minimum atomic E-state index is -3.85. The number of hydrogen-bond acceptors (Lipinski definition) is 4. The van der Waals surface area contributed by atoms with E-state index >= 15 is 0 Å². The Morgan fingerprint density at radius 2 is 2.00 bits per heavy atom. The van der Waals surface area contributed by atoms with Crippen molar-refractivity contribution in [1.82, 2.24) is 4.90 Å². The summed E-state index contributed by atoms with van der Waals surface area (Å²) in [6.45, 7) is 0.315. The third kappa shape index (κ3) is 3.65. The first-order valence-electron chi connectivity index (χ1n) is 8.08. The second kappa shape index (κ2) is 6.95. The molecule has 1 aliphatic rings. The number of carbonyl (C=O) groups is 1. The van der Waals surface area contributed by atoms with Gasteiger partial charge in [0.2, 0.25) is 9.84 Å². The van der Waals surface area contributed by atoms with Crippen LogP contribution < -0.4 is 10.5 Å². The lowest BCUT2D eigenvalue weighted by Gasteiger charge is -2.29. The molecule has 0 radical (unpaired) electrons. The van der Waals surface area contributed by atoms with Crippen LogP contribution in [0.3, 0.4) is 0 Å². The summed E-state index contributed by atoms with van der Waals surface area (Å²) >= 11 is 0. The first-order chi connectivity index (χ1) is 12.3. The fourth-order valence-corrected chi connectivity index (χ4v) is 4.17. The smallest absolute Gasteiger partial charge is 0.314 e. The fraction of sp³-hybridized carbons (Fsp3) is 0.278. The summed E-state index contributed by atoms with van der Waals surface area (Å²) in [6, 6.07) is 8.98. The first kappa shape index (κ1) is 18.2. The number of nitrogens with zero attached hydrogens (tertiary/aromatic N) is 1. The predicted octanol–water partition coefficient (Wildman–Crippen LogP) is 2.36. The maximum absolute atomic E-state index is 13.4. The standard InChI is InChI=1S/C18H19FN2O4S/c1-21(18(20)22)11-14-7-5-12-6-8-16(10-17(12)25-14)26(23,24)15-4-2-3-13(19)9-15/h2-4,6,8-10,14H,5,7,11H2,1H3,(H2,20,22). The van der Waals surface area contributed by atoms with E-state index < -0.39 is 21.7 Å². The van der Waals surface area contributed by atoms with Crippen molar-refractivity contribution >= 4 is 15.9 Å². The minimum absolute atomic E-state index is 0.0331. The van der Waals surface area contributed by atoms with E-state index in [9.17, 15) is 17.6 Å². The van der Waals surface area contributed by atoms with Crippen molar-refractivity contribution in [3.05, 3.63) is 53.8 Å². The summed E-state index contributed by atoms with van der Waals surface area (Å²) in [6.07, 6.45) is 1.13. The third-order valence-corrected chi connectivity index (χ3v) is 6.09. The molecule has 1 atom stereocenters. The number of fused-ring (bicyclic) bond motifs is 1. The SMILES string of the molecule is CN(CC1CCc2ccc(S(=O)(=O)c3cccc(F)c3)cc2O1)C(N)=O. The van der Waals surface area contributed by atoms with Crippen LogP contribution in [0.1, 0.15) is 12.0 Å². The molecule has 2 aromatic rings. The molecule has 0 spiro atoms. The van der Waals surface area contributed by atoms with E-state index in [1.54, 1.807) is 13.1 Å². The van der Waals surface area contributed by atoms with Crippen LogP contribution in [-0.4, -0.2) is 39.0 Å². The van der Waals surface area contributed by atoms with Gasteiger partial charge in [-0.15, -0.1) is 0 Å². The highest BCUT2D eigenvalue weighted by atomic mass is 32.2. The van der Waals surface area contributed by atoms with Gasteiger partial charge in [0, 0.05) is 7.05 Å². The maximum atomic E-state index is 13.4. The topological polar surface area (TPSA) is 89.7 Å². The molecule has 1 aliphatic heterocycles. The van der Waals surface area contributed by atoms with Crippen molar-refractivity contribution in [3.63, 3.8) is 0 Å². The first-order valence-corrected chi connectivity index (χ1v) is 9.56. The normalized spacial score (nSPS) is 16.5. The Morgan fingerprint density at radius 1 is 1.27 bits per heavy atom. The van der Waals surface area contributed by atoms with Crippen LogP contribution in [0.2, 0.25) is 0 Å². The molecule has 0 fully saturated rings. The number of aryl methyl sites for hydroxylation is 1. The Hall–Kier alpha value is -2.61. The van der Waals surface area contributed by atoms with Crippen LogP contribution in [-0.2, 0) is 16.3 Å². The molecule has 0 aliphatic carbocycles. The molecule has 0 saturated carbocycles. The van der Waals surface area contributed by atoms with E-state index in [0.29, 0.717) is 25.1 Å². The lowest BCUT2D eigenvalue weighted by Crippen LogP contribution is -2.41. The van der Waals surface area contributed by atoms with E-state index in [0.717, 1.165) is 11.6 Å². The molecule has 0 saturated heterocycles. The Kier molecular flexibility index (Phi) is 4.86. The molecule has 2 amide bonds. The molecular formula is C18H19FN2O4S. The van der Waals surface area contributed by atoms with E-state index in [1.165, 1.54) is 35.2 Å². The number of amides is 2. The fourth-order valence-electron chi connectivity index (χ4n) is 2.87. The number of hydrogen-bond donors (Lipinski definition) is 1. The van der Waals surface area contributed by atoms with Gasteiger partial charge < -0.3 is 15.4 Å².